The topological polar surface area (TPSA) is 79.5 Å². The summed E-state index contributed by atoms with van der Waals surface area (Å²) in [5.74, 6) is -3.80. The minimum absolute atomic E-state index is 0.116. The average Bonchev–Trinajstić information content (AvgIpc) is 2.58. The van der Waals surface area contributed by atoms with Crippen molar-refractivity contribution < 1.29 is 23.1 Å². The van der Waals surface area contributed by atoms with Crippen LogP contribution in [0.3, 0.4) is 0 Å². The fraction of sp³-hybridized carbons (Fsp3) is 0.412. The highest BCUT2D eigenvalue weighted by Crippen LogP contribution is 2.27. The number of unbranched alkanes of at least 4 members (excludes halogenated alkanes) is 3. The maximum absolute atomic E-state index is 13.3. The summed E-state index contributed by atoms with van der Waals surface area (Å²) in [7, 11) is 2.01. The first-order valence-corrected chi connectivity index (χ1v) is 7.70. The van der Waals surface area contributed by atoms with Gasteiger partial charge in [-0.1, -0.05) is 26.2 Å². The van der Waals surface area contributed by atoms with Gasteiger partial charge in [-0.2, -0.15) is 4.39 Å². The second-order valence-corrected chi connectivity index (χ2v) is 5.21. The number of carbonyl (C=O) groups is 1. The van der Waals surface area contributed by atoms with Crippen molar-refractivity contribution in [3.63, 3.8) is 0 Å². The zero-order valence-corrected chi connectivity index (χ0v) is 13.7. The molecule has 2 aromatic rings. The van der Waals surface area contributed by atoms with Gasteiger partial charge in [0.25, 0.3) is 0 Å². The van der Waals surface area contributed by atoms with Crippen molar-refractivity contribution in [1.82, 2.24) is 5.32 Å². The van der Waals surface area contributed by atoms with E-state index in [9.17, 15) is 18.4 Å². The van der Waals surface area contributed by atoms with Crippen LogP contribution in [0.5, 0.6) is 5.75 Å². The summed E-state index contributed by atoms with van der Waals surface area (Å²) in [5, 5.41) is 12.0. The van der Waals surface area contributed by atoms with E-state index < -0.39 is 28.6 Å². The van der Waals surface area contributed by atoms with Crippen molar-refractivity contribution in [2.45, 2.75) is 32.6 Å². The van der Waals surface area contributed by atoms with Crippen LogP contribution in [0.15, 0.2) is 21.3 Å². The number of phenols is 1. The lowest BCUT2D eigenvalue weighted by Crippen LogP contribution is -2.06. The summed E-state index contributed by atoms with van der Waals surface area (Å²) in [6.07, 6.45) is 5.67. The quantitative estimate of drug-likeness (QED) is 0.478. The summed E-state index contributed by atoms with van der Waals surface area (Å²) in [6, 6.07) is 1.75. The van der Waals surface area contributed by atoms with E-state index in [1.165, 1.54) is 32.2 Å². The van der Waals surface area contributed by atoms with Gasteiger partial charge in [-0.15, -0.1) is 0 Å². The molecule has 5 nitrogen and oxygen atoms in total. The van der Waals surface area contributed by atoms with Crippen LogP contribution >= 0.6 is 0 Å². The lowest BCUT2D eigenvalue weighted by atomic mass is 10.1. The fourth-order valence-electron chi connectivity index (χ4n) is 2.01. The fourth-order valence-corrected chi connectivity index (χ4v) is 2.01. The van der Waals surface area contributed by atoms with Crippen LogP contribution in [-0.2, 0) is 0 Å². The highest BCUT2D eigenvalue weighted by molar-refractivity contribution is 5.85. The van der Waals surface area contributed by atoms with Gasteiger partial charge in [-0.25, -0.2) is 9.18 Å². The van der Waals surface area contributed by atoms with E-state index in [0.717, 1.165) is 12.1 Å². The van der Waals surface area contributed by atoms with E-state index >= 15 is 0 Å². The molecule has 132 valence electrons. The maximum Gasteiger partial charge on any atom is 0.347 e. The van der Waals surface area contributed by atoms with Gasteiger partial charge < -0.3 is 14.8 Å². The van der Waals surface area contributed by atoms with Crippen molar-refractivity contribution >= 4 is 17.3 Å². The lowest BCUT2D eigenvalue weighted by molar-refractivity contribution is 0.112. The first-order chi connectivity index (χ1) is 11.5. The Hall–Kier alpha value is -2.28. The number of rotatable bonds is 6. The van der Waals surface area contributed by atoms with E-state index in [1.54, 1.807) is 0 Å². The molecule has 0 atom stereocenters. The third-order valence-corrected chi connectivity index (χ3v) is 3.33. The van der Waals surface area contributed by atoms with Crippen molar-refractivity contribution in [1.29, 1.82) is 0 Å². The summed E-state index contributed by atoms with van der Waals surface area (Å²) < 4.78 is 30.7. The maximum atomic E-state index is 13.3. The van der Waals surface area contributed by atoms with Gasteiger partial charge in [0.1, 0.15) is 5.56 Å². The number of benzene rings is 1. The molecule has 0 saturated carbocycles. The number of nitrogens with one attached hydrogen (secondary N) is 1. The van der Waals surface area contributed by atoms with Crippen LogP contribution in [0.4, 0.5) is 8.78 Å². The zero-order valence-electron chi connectivity index (χ0n) is 13.7. The molecule has 1 aromatic carbocycles. The molecule has 0 aliphatic heterocycles. The molecule has 2 N–H and O–H groups in total. The van der Waals surface area contributed by atoms with Gasteiger partial charge in [0.05, 0.1) is 0 Å². The van der Waals surface area contributed by atoms with Gasteiger partial charge in [0.2, 0.25) is 5.82 Å². The van der Waals surface area contributed by atoms with Gasteiger partial charge in [0, 0.05) is 5.39 Å². The normalized spacial score (nSPS) is 10.3. The molecule has 0 amide bonds. The Morgan fingerprint density at radius 2 is 1.96 bits per heavy atom. The van der Waals surface area contributed by atoms with Crippen molar-refractivity contribution in [3.05, 3.63) is 39.8 Å². The van der Waals surface area contributed by atoms with Crippen LogP contribution in [0, 0.1) is 11.6 Å². The number of hydrogen-bond donors (Lipinski definition) is 2. The Balaban J connectivity index is 0.000000307. The Labute approximate surface area is 138 Å². The lowest BCUT2D eigenvalue weighted by Gasteiger charge is -2.01. The number of carbonyl (C=O) groups excluding carboxylic acids is 1. The molecule has 0 radical (unpaired) electrons. The molecule has 1 aromatic heterocycles. The van der Waals surface area contributed by atoms with Crippen molar-refractivity contribution in [2.75, 3.05) is 13.6 Å². The molecule has 0 saturated heterocycles. The Morgan fingerprint density at radius 1 is 1.25 bits per heavy atom. The molecule has 1 heterocycles. The van der Waals surface area contributed by atoms with Crippen LogP contribution in [0.2, 0.25) is 0 Å². The first kappa shape index (κ1) is 19.8. The Morgan fingerprint density at radius 3 is 2.54 bits per heavy atom. The van der Waals surface area contributed by atoms with Gasteiger partial charge in [-0.3, -0.25) is 4.79 Å². The predicted molar refractivity (Wildman–Crippen MR) is 87.5 cm³/mol. The Bertz CT molecular complexity index is 737. The zero-order chi connectivity index (χ0) is 18.1. The average molecular weight is 341 g/mol. The van der Waals surface area contributed by atoms with Crippen molar-refractivity contribution in [2.24, 2.45) is 0 Å². The van der Waals surface area contributed by atoms with Crippen LogP contribution in [0.1, 0.15) is 43.0 Å². The highest BCUT2D eigenvalue weighted by atomic mass is 19.1. The Kier molecular flexibility index (Phi) is 8.05. The molecule has 0 unspecified atom stereocenters. The highest BCUT2D eigenvalue weighted by Gasteiger charge is 2.16. The van der Waals surface area contributed by atoms with Gasteiger partial charge in [0.15, 0.2) is 23.4 Å². The summed E-state index contributed by atoms with van der Waals surface area (Å²) in [4.78, 5) is 21.5. The molecule has 0 fully saturated rings. The molecule has 0 aliphatic rings. The van der Waals surface area contributed by atoms with Crippen molar-refractivity contribution in [3.8, 4) is 5.75 Å². The number of halogens is 2. The van der Waals surface area contributed by atoms with E-state index in [-0.39, 0.29) is 17.2 Å². The third-order valence-electron chi connectivity index (χ3n) is 3.33. The molecule has 24 heavy (non-hydrogen) atoms. The molecular weight excluding hydrogens is 320 g/mol. The van der Waals surface area contributed by atoms with E-state index in [2.05, 4.69) is 16.7 Å². The molecule has 7 heteroatoms. The smallest absolute Gasteiger partial charge is 0.347 e. The number of hydrogen-bond acceptors (Lipinski definition) is 5. The third kappa shape index (κ3) is 5.13. The van der Waals surface area contributed by atoms with Crippen LogP contribution in [-0.4, -0.2) is 25.0 Å². The minimum Gasteiger partial charge on any atom is -0.503 e. The number of aldehydes is 1. The molecule has 2 rings (SSSR count). The van der Waals surface area contributed by atoms with E-state index in [1.807, 2.05) is 7.05 Å². The van der Waals surface area contributed by atoms with E-state index in [4.69, 9.17) is 5.11 Å². The first-order valence-electron chi connectivity index (χ1n) is 7.70. The molecular formula is C17H21F2NO4. The number of fused-ring (bicyclic) bond motifs is 1. The standard InChI is InChI=1S/C10H4F2O4.C7H17N/c11-6-2-4-1-5(3-13)10(15)16-9(4)7(12)8(6)14;1-3-4-5-6-7-8-2/h1-3,14H;8H,3-7H2,1-2H3. The molecule has 0 aliphatic carbocycles. The monoisotopic (exact) mass is 341 g/mol. The number of aromatic hydroxyl groups is 1. The minimum atomic E-state index is -1.37. The van der Waals surface area contributed by atoms with Crippen LogP contribution in [0.25, 0.3) is 11.0 Å². The summed E-state index contributed by atoms with van der Waals surface area (Å²) in [5.41, 5.74) is -1.99. The van der Waals surface area contributed by atoms with Gasteiger partial charge >= 0.3 is 5.63 Å². The SMILES string of the molecule is CCCCCCNC.O=Cc1cc2cc(F)c(O)c(F)c2oc1=O. The molecule has 0 spiro atoms. The van der Waals surface area contributed by atoms with Gasteiger partial charge in [-0.05, 0) is 32.1 Å². The summed E-state index contributed by atoms with van der Waals surface area (Å²) in [6.45, 7) is 3.42. The number of phenolic OH excluding ortho intramolecular Hbond substituents is 1. The van der Waals surface area contributed by atoms with E-state index in [0.29, 0.717) is 0 Å². The largest absolute Gasteiger partial charge is 0.503 e. The molecule has 0 bridgehead atoms. The van der Waals surface area contributed by atoms with Crippen LogP contribution < -0.4 is 10.9 Å². The predicted octanol–water partition coefficient (Wildman–Crippen LogP) is 3.38. The second-order valence-electron chi connectivity index (χ2n) is 5.21. The second kappa shape index (κ2) is 9.77. The summed E-state index contributed by atoms with van der Waals surface area (Å²) >= 11 is 0.